The van der Waals surface area contributed by atoms with Crippen LogP contribution in [0.5, 0.6) is 11.5 Å². The number of nitrogens with zero attached hydrogens (tertiary/aromatic N) is 1. The molecule has 8 heteroatoms. The van der Waals surface area contributed by atoms with E-state index in [2.05, 4.69) is 5.32 Å². The van der Waals surface area contributed by atoms with Gasteiger partial charge in [-0.05, 0) is 36.6 Å². The van der Waals surface area contributed by atoms with Gasteiger partial charge in [0.25, 0.3) is 0 Å². The van der Waals surface area contributed by atoms with Crippen LogP contribution >= 0.6 is 0 Å². The van der Waals surface area contributed by atoms with E-state index < -0.39 is 10.0 Å². The number of amides is 1. The summed E-state index contributed by atoms with van der Waals surface area (Å²) in [6.45, 7) is 2.31. The first-order valence-electron chi connectivity index (χ1n) is 11.1. The molecule has 4 rings (SSSR count). The zero-order chi connectivity index (χ0) is 24.1. The number of nitrogens with one attached hydrogen (secondary N) is 1. The van der Waals surface area contributed by atoms with Crippen molar-refractivity contribution in [2.75, 3.05) is 23.9 Å². The average molecular weight is 481 g/mol. The Morgan fingerprint density at radius 3 is 2.35 bits per heavy atom. The van der Waals surface area contributed by atoms with Gasteiger partial charge in [0.1, 0.15) is 0 Å². The van der Waals surface area contributed by atoms with Gasteiger partial charge in [-0.3, -0.25) is 9.10 Å². The van der Waals surface area contributed by atoms with Crippen molar-refractivity contribution in [2.24, 2.45) is 0 Å². The molecule has 0 unspecified atom stereocenters. The summed E-state index contributed by atoms with van der Waals surface area (Å²) < 4.78 is 36.8. The topological polar surface area (TPSA) is 84.9 Å². The number of rotatable bonds is 9. The summed E-state index contributed by atoms with van der Waals surface area (Å²) in [6, 6.07) is 22.6. The molecule has 0 fully saturated rings. The predicted octanol–water partition coefficient (Wildman–Crippen LogP) is 4.18. The van der Waals surface area contributed by atoms with Crippen molar-refractivity contribution >= 4 is 21.6 Å². The maximum Gasteiger partial charge on any atom is 0.232 e. The second kappa shape index (κ2) is 10.2. The molecule has 0 aromatic heterocycles. The van der Waals surface area contributed by atoms with Crippen molar-refractivity contribution in [3.05, 3.63) is 89.5 Å². The number of anilines is 1. The lowest BCUT2D eigenvalue weighted by Gasteiger charge is -2.23. The smallest absolute Gasteiger partial charge is 0.232 e. The molecule has 1 N–H and O–H groups in total. The number of ether oxygens (including phenoxy) is 2. The lowest BCUT2D eigenvalue weighted by molar-refractivity contribution is -0.121. The first-order chi connectivity index (χ1) is 16.3. The Morgan fingerprint density at radius 1 is 0.971 bits per heavy atom. The summed E-state index contributed by atoms with van der Waals surface area (Å²) in [4.78, 5) is 12.9. The predicted molar refractivity (Wildman–Crippen MR) is 132 cm³/mol. The molecule has 1 aliphatic rings. The van der Waals surface area contributed by atoms with Crippen molar-refractivity contribution in [1.29, 1.82) is 0 Å². The summed E-state index contributed by atoms with van der Waals surface area (Å²) in [7, 11) is -3.54. The Kier molecular flexibility index (Phi) is 7.07. The summed E-state index contributed by atoms with van der Waals surface area (Å²) in [5.74, 6) is 0.945. The number of carbonyl (C=O) groups excluding carboxylic acids is 1. The van der Waals surface area contributed by atoms with E-state index >= 15 is 0 Å². The van der Waals surface area contributed by atoms with Crippen LogP contribution < -0.4 is 19.1 Å². The molecular weight excluding hydrogens is 452 g/mol. The van der Waals surface area contributed by atoms with Crippen LogP contribution in [0.1, 0.15) is 35.6 Å². The Balaban J connectivity index is 1.43. The van der Waals surface area contributed by atoms with Crippen LogP contribution in [0.2, 0.25) is 0 Å². The van der Waals surface area contributed by atoms with Gasteiger partial charge in [0.2, 0.25) is 22.7 Å². The van der Waals surface area contributed by atoms with Crippen LogP contribution in [-0.4, -0.2) is 33.9 Å². The summed E-state index contributed by atoms with van der Waals surface area (Å²) >= 11 is 0. The Bertz CT molecular complexity index is 1240. The first-order valence-corrected chi connectivity index (χ1v) is 12.9. The molecule has 1 heterocycles. The molecule has 7 nitrogen and oxygen atoms in total. The molecule has 1 amide bonds. The standard InChI is InChI=1S/C26H28N2O5S/c1-19-10-12-21(13-11-19)26(20-7-4-3-5-8-20)27-25(29)9-6-16-28(34(2,30)31)22-14-15-23-24(17-22)33-18-32-23/h3-5,7-8,10-15,17,26H,6,9,16,18H2,1-2H3,(H,27,29)/t26-/m0/s1. The van der Waals surface area contributed by atoms with Gasteiger partial charge in [-0.2, -0.15) is 0 Å². The van der Waals surface area contributed by atoms with E-state index in [1.807, 2.05) is 61.5 Å². The largest absolute Gasteiger partial charge is 0.454 e. The van der Waals surface area contributed by atoms with E-state index in [0.29, 0.717) is 23.6 Å². The second-order valence-corrected chi connectivity index (χ2v) is 10.2. The number of aryl methyl sites for hydroxylation is 1. The SMILES string of the molecule is Cc1ccc([C@@H](NC(=O)CCCN(c2ccc3c(c2)OCO3)S(C)(=O)=O)c2ccccc2)cc1. The second-order valence-electron chi connectivity index (χ2n) is 8.30. The molecule has 3 aromatic carbocycles. The fourth-order valence-electron chi connectivity index (χ4n) is 3.91. The molecule has 0 bridgehead atoms. The first kappa shape index (κ1) is 23.6. The van der Waals surface area contributed by atoms with Crippen LogP contribution in [0.4, 0.5) is 5.69 Å². The van der Waals surface area contributed by atoms with Crippen molar-refractivity contribution in [2.45, 2.75) is 25.8 Å². The van der Waals surface area contributed by atoms with E-state index in [-0.39, 0.29) is 31.7 Å². The van der Waals surface area contributed by atoms with Gasteiger partial charge in [-0.15, -0.1) is 0 Å². The van der Waals surface area contributed by atoms with E-state index in [4.69, 9.17) is 9.47 Å². The summed E-state index contributed by atoms with van der Waals surface area (Å²) in [6.07, 6.45) is 1.70. The zero-order valence-electron chi connectivity index (χ0n) is 19.2. The molecule has 0 saturated carbocycles. The zero-order valence-corrected chi connectivity index (χ0v) is 20.0. The van der Waals surface area contributed by atoms with Crippen molar-refractivity contribution < 1.29 is 22.7 Å². The molecule has 0 spiro atoms. The lowest BCUT2D eigenvalue weighted by Crippen LogP contribution is -2.33. The fraction of sp³-hybridized carbons (Fsp3) is 0.269. The minimum atomic E-state index is -3.54. The maximum atomic E-state index is 12.9. The van der Waals surface area contributed by atoms with Gasteiger partial charge in [-0.25, -0.2) is 8.42 Å². The Labute approximate surface area is 200 Å². The molecule has 178 valence electrons. The number of hydrogen-bond acceptors (Lipinski definition) is 5. The third-order valence-electron chi connectivity index (χ3n) is 5.66. The monoisotopic (exact) mass is 480 g/mol. The molecule has 1 aliphatic heterocycles. The minimum Gasteiger partial charge on any atom is -0.454 e. The van der Waals surface area contributed by atoms with E-state index in [1.54, 1.807) is 18.2 Å². The maximum absolute atomic E-state index is 12.9. The van der Waals surface area contributed by atoms with E-state index in [1.165, 1.54) is 4.31 Å². The minimum absolute atomic E-state index is 0.112. The van der Waals surface area contributed by atoms with Gasteiger partial charge < -0.3 is 14.8 Å². The number of benzene rings is 3. The third kappa shape index (κ3) is 5.69. The molecule has 1 atom stereocenters. The van der Waals surface area contributed by atoms with Crippen LogP contribution in [0.3, 0.4) is 0 Å². The molecule has 34 heavy (non-hydrogen) atoms. The molecule has 0 saturated heterocycles. The van der Waals surface area contributed by atoms with Gasteiger partial charge in [-0.1, -0.05) is 60.2 Å². The highest BCUT2D eigenvalue weighted by molar-refractivity contribution is 7.92. The lowest BCUT2D eigenvalue weighted by atomic mass is 9.97. The van der Waals surface area contributed by atoms with Gasteiger partial charge in [0.15, 0.2) is 11.5 Å². The van der Waals surface area contributed by atoms with Gasteiger partial charge in [0.05, 0.1) is 18.0 Å². The average Bonchev–Trinajstić information content (AvgIpc) is 3.29. The third-order valence-corrected chi connectivity index (χ3v) is 6.85. The quantitative estimate of drug-likeness (QED) is 0.497. The summed E-state index contributed by atoms with van der Waals surface area (Å²) in [5, 5.41) is 3.11. The normalized spacial score (nSPS) is 13.4. The van der Waals surface area contributed by atoms with E-state index in [0.717, 1.165) is 22.9 Å². The van der Waals surface area contributed by atoms with Gasteiger partial charge in [0, 0.05) is 19.0 Å². The Morgan fingerprint density at radius 2 is 1.65 bits per heavy atom. The van der Waals surface area contributed by atoms with Crippen molar-refractivity contribution in [1.82, 2.24) is 5.32 Å². The van der Waals surface area contributed by atoms with Crippen LogP contribution in [0.25, 0.3) is 0 Å². The number of fused-ring (bicyclic) bond motifs is 1. The van der Waals surface area contributed by atoms with Crippen LogP contribution in [0.15, 0.2) is 72.8 Å². The number of sulfonamides is 1. The van der Waals surface area contributed by atoms with Crippen LogP contribution in [-0.2, 0) is 14.8 Å². The highest BCUT2D eigenvalue weighted by Crippen LogP contribution is 2.36. The van der Waals surface area contributed by atoms with Crippen molar-refractivity contribution in [3.8, 4) is 11.5 Å². The van der Waals surface area contributed by atoms with Gasteiger partial charge >= 0.3 is 0 Å². The highest BCUT2D eigenvalue weighted by Gasteiger charge is 2.22. The van der Waals surface area contributed by atoms with Crippen LogP contribution in [0, 0.1) is 6.92 Å². The Hall–Kier alpha value is -3.52. The molecule has 0 radical (unpaired) electrons. The fourth-order valence-corrected chi connectivity index (χ4v) is 4.86. The number of hydrogen-bond donors (Lipinski definition) is 1. The molecular formula is C26H28N2O5S. The van der Waals surface area contributed by atoms with Crippen molar-refractivity contribution in [3.63, 3.8) is 0 Å². The highest BCUT2D eigenvalue weighted by atomic mass is 32.2. The molecule has 0 aliphatic carbocycles. The van der Waals surface area contributed by atoms with E-state index in [9.17, 15) is 13.2 Å². The summed E-state index contributed by atoms with van der Waals surface area (Å²) in [5.41, 5.74) is 3.60. The molecule has 3 aromatic rings. The number of carbonyl (C=O) groups is 1.